The number of nitrogens with two attached hydrogens (primary N) is 1. The van der Waals surface area contributed by atoms with E-state index in [0.29, 0.717) is 22.8 Å². The zero-order valence-electron chi connectivity index (χ0n) is 15.6. The van der Waals surface area contributed by atoms with Gasteiger partial charge in [-0.05, 0) is 38.3 Å². The third-order valence-corrected chi connectivity index (χ3v) is 4.76. The van der Waals surface area contributed by atoms with Crippen molar-refractivity contribution in [2.45, 2.75) is 24.8 Å². The Morgan fingerprint density at radius 3 is 2.41 bits per heavy atom. The van der Waals surface area contributed by atoms with Crippen LogP contribution in [-0.4, -0.2) is 33.1 Å². The summed E-state index contributed by atoms with van der Waals surface area (Å²) in [4.78, 5) is 21.9. The highest BCUT2D eigenvalue weighted by Crippen LogP contribution is 2.36. The molecule has 0 fully saturated rings. The van der Waals surface area contributed by atoms with Gasteiger partial charge in [-0.2, -0.15) is 10.1 Å². The van der Waals surface area contributed by atoms with Crippen molar-refractivity contribution in [1.82, 2.24) is 19.7 Å². The monoisotopic (exact) mass is 383 g/mol. The summed E-state index contributed by atoms with van der Waals surface area (Å²) in [5, 5.41) is 4.50. The Hall–Kier alpha value is -2.87. The Kier molecular flexibility index (Phi) is 5.46. The predicted molar refractivity (Wildman–Crippen MR) is 108 cm³/mol. The van der Waals surface area contributed by atoms with Crippen LogP contribution in [0.3, 0.4) is 0 Å². The Labute approximate surface area is 161 Å². The number of nitrogens with zero attached hydrogens (tertiary/aromatic N) is 4. The molecular formula is C19H21N5O2S. The lowest BCUT2D eigenvalue weighted by atomic mass is 10.0. The predicted octanol–water partition coefficient (Wildman–Crippen LogP) is 3.26. The summed E-state index contributed by atoms with van der Waals surface area (Å²) in [6.07, 6.45) is 2.02. The molecule has 27 heavy (non-hydrogen) atoms. The number of aromatic nitrogens is 4. The molecule has 2 N–H and O–H groups in total. The normalized spacial score (nSPS) is 11.0. The van der Waals surface area contributed by atoms with Crippen molar-refractivity contribution >= 4 is 17.7 Å². The average molecular weight is 383 g/mol. The maximum absolute atomic E-state index is 12.1. The van der Waals surface area contributed by atoms with E-state index >= 15 is 0 Å². The van der Waals surface area contributed by atoms with E-state index in [1.807, 2.05) is 44.4 Å². The molecular weight excluding hydrogens is 362 g/mol. The first-order valence-electron chi connectivity index (χ1n) is 8.40. The molecule has 0 aliphatic rings. The number of hydrogen-bond acceptors (Lipinski definition) is 7. The van der Waals surface area contributed by atoms with Gasteiger partial charge in [0.05, 0.1) is 30.1 Å². The lowest BCUT2D eigenvalue weighted by Gasteiger charge is -2.15. The van der Waals surface area contributed by atoms with E-state index in [0.717, 1.165) is 10.5 Å². The smallest absolute Gasteiger partial charge is 0.267 e. The lowest BCUT2D eigenvalue weighted by molar-refractivity contribution is 0.399. The van der Waals surface area contributed by atoms with Crippen LogP contribution in [0, 0.1) is 0 Å². The summed E-state index contributed by atoms with van der Waals surface area (Å²) in [6.45, 7) is 3.80. The topological polar surface area (TPSA) is 95.9 Å². The molecule has 0 aliphatic heterocycles. The fourth-order valence-electron chi connectivity index (χ4n) is 2.72. The largest absolute Gasteiger partial charge is 0.480 e. The van der Waals surface area contributed by atoms with Gasteiger partial charge in [0.25, 0.3) is 5.56 Å². The van der Waals surface area contributed by atoms with Gasteiger partial charge in [-0.25, -0.2) is 9.67 Å². The summed E-state index contributed by atoms with van der Waals surface area (Å²) >= 11 is 1.66. The highest BCUT2D eigenvalue weighted by molar-refractivity contribution is 7.98. The van der Waals surface area contributed by atoms with Crippen LogP contribution in [0.1, 0.15) is 19.9 Å². The number of thioether (sulfide) groups is 1. The van der Waals surface area contributed by atoms with Crippen molar-refractivity contribution < 1.29 is 4.74 Å². The van der Waals surface area contributed by atoms with Gasteiger partial charge in [-0.15, -0.1) is 11.8 Å². The number of benzene rings is 1. The fraction of sp³-hybridized carbons (Fsp3) is 0.263. The van der Waals surface area contributed by atoms with E-state index < -0.39 is 0 Å². The van der Waals surface area contributed by atoms with E-state index in [4.69, 9.17) is 10.5 Å². The minimum absolute atomic E-state index is 0.0811. The molecule has 0 radical (unpaired) electrons. The van der Waals surface area contributed by atoms with Crippen molar-refractivity contribution in [2.24, 2.45) is 0 Å². The molecule has 0 saturated carbocycles. The minimum Gasteiger partial charge on any atom is -0.480 e. The molecule has 0 unspecified atom stereocenters. The van der Waals surface area contributed by atoms with Crippen molar-refractivity contribution in [3.05, 3.63) is 46.8 Å². The van der Waals surface area contributed by atoms with Crippen LogP contribution in [0.5, 0.6) is 5.88 Å². The number of anilines is 1. The molecule has 0 saturated heterocycles. The van der Waals surface area contributed by atoms with Crippen LogP contribution in [0.4, 0.5) is 5.95 Å². The first-order valence-corrected chi connectivity index (χ1v) is 9.63. The Morgan fingerprint density at radius 2 is 1.81 bits per heavy atom. The summed E-state index contributed by atoms with van der Waals surface area (Å²) in [5.41, 5.74) is 8.33. The Bertz CT molecular complexity index is 1020. The highest BCUT2D eigenvalue weighted by Gasteiger charge is 2.20. The van der Waals surface area contributed by atoms with Crippen molar-refractivity contribution in [3.63, 3.8) is 0 Å². The van der Waals surface area contributed by atoms with Crippen LogP contribution in [0.25, 0.3) is 22.5 Å². The fourth-order valence-corrected chi connectivity index (χ4v) is 3.13. The molecule has 0 bridgehead atoms. The summed E-state index contributed by atoms with van der Waals surface area (Å²) in [6, 6.07) is 11.0. The zero-order chi connectivity index (χ0) is 19.6. The van der Waals surface area contributed by atoms with Gasteiger partial charge >= 0.3 is 0 Å². The molecule has 1 aromatic carbocycles. The number of hydrogen-bond donors (Lipinski definition) is 1. The van der Waals surface area contributed by atoms with Crippen LogP contribution in [0.15, 0.2) is 46.1 Å². The standard InChI is InChI=1S/C19H21N5O2S/c1-11(2)24-15(25)10-9-14(23-24)16-17(21-19(20)22-18(16)26-3)12-5-7-13(27-4)8-6-12/h5-11H,1-4H3,(H2,20,21,22). The maximum atomic E-state index is 12.1. The van der Waals surface area contributed by atoms with Gasteiger partial charge in [0.2, 0.25) is 11.8 Å². The van der Waals surface area contributed by atoms with Crippen LogP contribution >= 0.6 is 11.8 Å². The molecule has 2 heterocycles. The van der Waals surface area contributed by atoms with Gasteiger partial charge in [0.1, 0.15) is 0 Å². The number of nitrogen functional groups attached to an aromatic ring is 1. The second kappa shape index (κ2) is 7.79. The quantitative estimate of drug-likeness (QED) is 0.676. The second-order valence-corrected chi connectivity index (χ2v) is 7.02. The first kappa shape index (κ1) is 18.9. The van der Waals surface area contributed by atoms with Gasteiger partial charge in [-0.1, -0.05) is 12.1 Å². The van der Waals surface area contributed by atoms with Crippen molar-refractivity contribution in [3.8, 4) is 28.4 Å². The number of methoxy groups -OCH3 is 1. The van der Waals surface area contributed by atoms with Gasteiger partial charge in [0, 0.05) is 16.5 Å². The summed E-state index contributed by atoms with van der Waals surface area (Å²) in [7, 11) is 1.52. The molecule has 3 rings (SSSR count). The average Bonchev–Trinajstić information content (AvgIpc) is 2.67. The third-order valence-electron chi connectivity index (χ3n) is 4.02. The zero-order valence-corrected chi connectivity index (χ0v) is 16.4. The highest BCUT2D eigenvalue weighted by atomic mass is 32.2. The van der Waals surface area contributed by atoms with E-state index in [1.54, 1.807) is 17.8 Å². The molecule has 0 atom stereocenters. The van der Waals surface area contributed by atoms with E-state index in [2.05, 4.69) is 15.1 Å². The van der Waals surface area contributed by atoms with Crippen LogP contribution in [-0.2, 0) is 0 Å². The SMILES string of the molecule is COc1nc(N)nc(-c2ccc(SC)cc2)c1-c1ccc(=O)n(C(C)C)n1. The molecule has 2 aromatic heterocycles. The Morgan fingerprint density at radius 1 is 1.11 bits per heavy atom. The molecule has 3 aromatic rings. The first-order chi connectivity index (χ1) is 12.9. The lowest BCUT2D eigenvalue weighted by Crippen LogP contribution is -2.24. The number of ether oxygens (including phenoxy) is 1. The van der Waals surface area contributed by atoms with Crippen LogP contribution in [0.2, 0.25) is 0 Å². The van der Waals surface area contributed by atoms with Crippen molar-refractivity contribution in [1.29, 1.82) is 0 Å². The van der Waals surface area contributed by atoms with Gasteiger partial charge < -0.3 is 10.5 Å². The van der Waals surface area contributed by atoms with Crippen molar-refractivity contribution in [2.75, 3.05) is 19.1 Å². The van der Waals surface area contributed by atoms with Crippen LogP contribution < -0.4 is 16.0 Å². The van der Waals surface area contributed by atoms with Gasteiger partial charge in [0.15, 0.2) is 0 Å². The molecule has 140 valence electrons. The maximum Gasteiger partial charge on any atom is 0.267 e. The molecule has 0 aliphatic carbocycles. The second-order valence-electron chi connectivity index (χ2n) is 6.14. The van der Waals surface area contributed by atoms with E-state index in [9.17, 15) is 4.79 Å². The Balaban J connectivity index is 2.28. The molecule has 8 heteroatoms. The minimum atomic E-state index is -0.171. The molecule has 0 amide bonds. The molecule has 0 spiro atoms. The summed E-state index contributed by atoms with van der Waals surface area (Å²) < 4.78 is 6.88. The third kappa shape index (κ3) is 3.80. The van der Waals surface area contributed by atoms with E-state index in [-0.39, 0.29) is 17.5 Å². The van der Waals surface area contributed by atoms with E-state index in [1.165, 1.54) is 17.9 Å². The summed E-state index contributed by atoms with van der Waals surface area (Å²) in [5.74, 6) is 0.421. The molecule has 7 nitrogen and oxygen atoms in total. The van der Waals surface area contributed by atoms with Gasteiger partial charge in [-0.3, -0.25) is 4.79 Å². The number of rotatable bonds is 5.